The summed E-state index contributed by atoms with van der Waals surface area (Å²) >= 11 is 5.79. The van der Waals surface area contributed by atoms with Gasteiger partial charge >= 0.3 is 0 Å². The molecule has 0 aliphatic heterocycles. The highest BCUT2D eigenvalue weighted by molar-refractivity contribution is 7.90. The van der Waals surface area contributed by atoms with Crippen LogP contribution in [0.25, 0.3) is 0 Å². The number of amides is 1. The van der Waals surface area contributed by atoms with E-state index in [0.717, 1.165) is 6.07 Å². The van der Waals surface area contributed by atoms with Gasteiger partial charge in [0, 0.05) is 10.6 Å². The minimum atomic E-state index is -3.66. The van der Waals surface area contributed by atoms with E-state index in [2.05, 4.69) is 5.32 Å². The largest absolute Gasteiger partial charge is 0.459 e. The van der Waals surface area contributed by atoms with Gasteiger partial charge in [0.2, 0.25) is 0 Å². The number of anilines is 1. The van der Waals surface area contributed by atoms with E-state index in [4.69, 9.17) is 16.0 Å². The van der Waals surface area contributed by atoms with Crippen LogP contribution in [0.5, 0.6) is 0 Å². The number of rotatable bonds is 5. The molecule has 0 aliphatic carbocycles. The predicted octanol–water partition coefficient (Wildman–Crippen LogP) is 4.30. The van der Waals surface area contributed by atoms with E-state index in [1.54, 1.807) is 18.2 Å². The van der Waals surface area contributed by atoms with Gasteiger partial charge < -0.3 is 9.73 Å². The lowest BCUT2D eigenvalue weighted by Gasteiger charge is -2.07. The SMILES string of the molecule is O=C(Nc1cc(Cl)ccc1F)c1occc1CS(=O)(=O)c1ccccc1. The normalized spacial score (nSPS) is 11.3. The van der Waals surface area contributed by atoms with Gasteiger partial charge in [0.05, 0.1) is 22.6 Å². The Morgan fingerprint density at radius 3 is 2.58 bits per heavy atom. The van der Waals surface area contributed by atoms with Crippen molar-refractivity contribution < 1.29 is 22.0 Å². The van der Waals surface area contributed by atoms with Crippen molar-refractivity contribution >= 4 is 33.0 Å². The molecule has 5 nitrogen and oxygen atoms in total. The second kappa shape index (κ2) is 7.31. The Balaban J connectivity index is 1.84. The van der Waals surface area contributed by atoms with Gasteiger partial charge in [0.1, 0.15) is 5.82 Å². The highest BCUT2D eigenvalue weighted by Crippen LogP contribution is 2.23. The lowest BCUT2D eigenvalue weighted by molar-refractivity contribution is 0.0995. The van der Waals surface area contributed by atoms with Crippen LogP contribution < -0.4 is 5.32 Å². The molecule has 1 N–H and O–H groups in total. The first-order chi connectivity index (χ1) is 12.4. The molecule has 134 valence electrons. The molecule has 1 amide bonds. The summed E-state index contributed by atoms with van der Waals surface area (Å²) in [5.74, 6) is -2.07. The summed E-state index contributed by atoms with van der Waals surface area (Å²) < 4.78 is 43.8. The second-order valence-electron chi connectivity index (χ2n) is 5.43. The van der Waals surface area contributed by atoms with E-state index in [0.29, 0.717) is 0 Å². The zero-order valence-electron chi connectivity index (χ0n) is 13.3. The quantitative estimate of drug-likeness (QED) is 0.701. The molecule has 0 saturated heterocycles. The topological polar surface area (TPSA) is 76.4 Å². The molecular weight excluding hydrogens is 381 g/mol. The Bertz CT molecular complexity index is 1050. The molecule has 0 fully saturated rings. The van der Waals surface area contributed by atoms with Crippen LogP contribution in [-0.2, 0) is 15.6 Å². The molecule has 26 heavy (non-hydrogen) atoms. The van der Waals surface area contributed by atoms with Gasteiger partial charge in [-0.25, -0.2) is 12.8 Å². The summed E-state index contributed by atoms with van der Waals surface area (Å²) in [6.45, 7) is 0. The number of hydrogen-bond donors (Lipinski definition) is 1. The van der Waals surface area contributed by atoms with Gasteiger partial charge in [-0.3, -0.25) is 4.79 Å². The number of hydrogen-bond acceptors (Lipinski definition) is 4. The molecule has 0 bridgehead atoms. The van der Waals surface area contributed by atoms with Crippen LogP contribution in [0.15, 0.2) is 70.2 Å². The van der Waals surface area contributed by atoms with Crippen LogP contribution in [0.2, 0.25) is 5.02 Å². The van der Waals surface area contributed by atoms with Gasteiger partial charge in [0.15, 0.2) is 15.6 Å². The summed E-state index contributed by atoms with van der Waals surface area (Å²) in [4.78, 5) is 12.5. The van der Waals surface area contributed by atoms with Crippen LogP contribution in [0, 0.1) is 5.82 Å². The fraction of sp³-hybridized carbons (Fsp3) is 0.0556. The monoisotopic (exact) mass is 393 g/mol. The van der Waals surface area contributed by atoms with Gasteiger partial charge in [-0.2, -0.15) is 0 Å². The lowest BCUT2D eigenvalue weighted by atomic mass is 10.2. The molecule has 0 atom stereocenters. The van der Waals surface area contributed by atoms with Crippen LogP contribution in [0.3, 0.4) is 0 Å². The molecule has 1 heterocycles. The summed E-state index contributed by atoms with van der Waals surface area (Å²) in [5.41, 5.74) is 0.0459. The Morgan fingerprint density at radius 2 is 1.85 bits per heavy atom. The van der Waals surface area contributed by atoms with Crippen molar-refractivity contribution in [3.05, 3.63) is 83.0 Å². The highest BCUT2D eigenvalue weighted by atomic mass is 35.5. The third-order valence-corrected chi connectivity index (χ3v) is 5.49. The molecule has 0 radical (unpaired) electrons. The maximum absolute atomic E-state index is 13.8. The summed E-state index contributed by atoms with van der Waals surface area (Å²) in [5, 5.41) is 2.58. The standard InChI is InChI=1S/C18H13ClFNO4S/c19-13-6-7-15(20)16(10-13)21-18(22)17-12(8-9-25-17)11-26(23,24)14-4-2-1-3-5-14/h1-10H,11H2,(H,21,22). The second-order valence-corrected chi connectivity index (χ2v) is 7.85. The lowest BCUT2D eigenvalue weighted by Crippen LogP contribution is -2.15. The van der Waals surface area contributed by atoms with Crippen molar-refractivity contribution in [1.29, 1.82) is 0 Å². The van der Waals surface area contributed by atoms with Gasteiger partial charge in [-0.1, -0.05) is 29.8 Å². The average Bonchev–Trinajstić information content (AvgIpc) is 3.06. The summed E-state index contributed by atoms with van der Waals surface area (Å²) in [7, 11) is -3.66. The molecule has 0 saturated carbocycles. The number of halogens is 2. The first-order valence-electron chi connectivity index (χ1n) is 7.47. The van der Waals surface area contributed by atoms with Crippen molar-refractivity contribution in [1.82, 2.24) is 0 Å². The fourth-order valence-corrected chi connectivity index (χ4v) is 3.88. The van der Waals surface area contributed by atoms with Crippen LogP contribution in [0.4, 0.5) is 10.1 Å². The zero-order chi connectivity index (χ0) is 18.7. The van der Waals surface area contributed by atoms with E-state index in [-0.39, 0.29) is 26.9 Å². The minimum Gasteiger partial charge on any atom is -0.459 e. The van der Waals surface area contributed by atoms with E-state index < -0.39 is 27.3 Å². The first-order valence-corrected chi connectivity index (χ1v) is 9.50. The van der Waals surface area contributed by atoms with Crippen LogP contribution >= 0.6 is 11.6 Å². The number of sulfone groups is 1. The van der Waals surface area contributed by atoms with Crippen molar-refractivity contribution in [3.8, 4) is 0 Å². The zero-order valence-corrected chi connectivity index (χ0v) is 14.9. The van der Waals surface area contributed by atoms with E-state index in [1.165, 1.54) is 36.6 Å². The maximum atomic E-state index is 13.8. The Hall–Kier alpha value is -2.64. The third kappa shape index (κ3) is 3.95. The van der Waals surface area contributed by atoms with Crippen molar-refractivity contribution in [2.75, 3.05) is 5.32 Å². The maximum Gasteiger partial charge on any atom is 0.291 e. The van der Waals surface area contributed by atoms with Crippen molar-refractivity contribution in [2.45, 2.75) is 10.6 Å². The molecule has 1 aromatic heterocycles. The minimum absolute atomic E-state index is 0.129. The highest BCUT2D eigenvalue weighted by Gasteiger charge is 2.23. The molecule has 0 spiro atoms. The molecule has 2 aromatic carbocycles. The first kappa shape index (κ1) is 18.2. The fourth-order valence-electron chi connectivity index (χ4n) is 2.34. The third-order valence-electron chi connectivity index (χ3n) is 3.58. The molecular formula is C18H13ClFNO4S. The van der Waals surface area contributed by atoms with Crippen LogP contribution in [-0.4, -0.2) is 14.3 Å². The summed E-state index contributed by atoms with van der Waals surface area (Å²) in [6, 6.07) is 13.0. The molecule has 3 aromatic rings. The van der Waals surface area contributed by atoms with E-state index in [9.17, 15) is 17.6 Å². The molecule has 0 aliphatic rings. The molecule has 8 heteroatoms. The number of benzene rings is 2. The van der Waals surface area contributed by atoms with E-state index in [1.807, 2.05) is 0 Å². The molecule has 3 rings (SSSR count). The number of furan rings is 1. The average molecular weight is 394 g/mol. The molecule has 0 unspecified atom stereocenters. The van der Waals surface area contributed by atoms with Gasteiger partial charge in [0.25, 0.3) is 5.91 Å². The predicted molar refractivity (Wildman–Crippen MR) is 95.4 cm³/mol. The number of nitrogens with one attached hydrogen (secondary N) is 1. The van der Waals surface area contributed by atoms with Crippen LogP contribution in [0.1, 0.15) is 16.1 Å². The van der Waals surface area contributed by atoms with Crippen molar-refractivity contribution in [2.24, 2.45) is 0 Å². The number of carbonyl (C=O) groups is 1. The van der Waals surface area contributed by atoms with E-state index >= 15 is 0 Å². The Kier molecular flexibility index (Phi) is 5.11. The van der Waals surface area contributed by atoms with Gasteiger partial charge in [-0.05, 0) is 36.4 Å². The number of carbonyl (C=O) groups excluding carboxylic acids is 1. The summed E-state index contributed by atoms with van der Waals surface area (Å²) in [6.07, 6.45) is 1.21. The smallest absolute Gasteiger partial charge is 0.291 e. The van der Waals surface area contributed by atoms with Crippen molar-refractivity contribution in [3.63, 3.8) is 0 Å². The Morgan fingerprint density at radius 1 is 1.12 bits per heavy atom. The Labute approximate surface area is 154 Å². The van der Waals surface area contributed by atoms with Gasteiger partial charge in [-0.15, -0.1) is 0 Å².